The Morgan fingerprint density at radius 3 is 2.70 bits per heavy atom. The number of hydrogen-bond acceptors (Lipinski definition) is 3. The molecule has 2 aromatic rings. The number of amides is 1. The van der Waals surface area contributed by atoms with Crippen molar-refractivity contribution < 1.29 is 9.63 Å². The number of carbonyl (C=O) groups is 1. The molecule has 1 aliphatic heterocycles. The topological polar surface area (TPSA) is 41.9 Å². The Hall–Kier alpha value is -2.04. The number of nitrogens with zero attached hydrogens (tertiary/aromatic N) is 2. The summed E-state index contributed by atoms with van der Waals surface area (Å²) in [4.78, 5) is 20.3. The first kappa shape index (κ1) is 18.3. The molecule has 0 radical (unpaired) electrons. The lowest BCUT2D eigenvalue weighted by molar-refractivity contribution is -0.135. The van der Waals surface area contributed by atoms with E-state index in [1.54, 1.807) is 0 Å². The minimum atomic E-state index is -0.168. The Morgan fingerprint density at radius 2 is 1.96 bits per heavy atom. The summed E-state index contributed by atoms with van der Waals surface area (Å²) in [5.74, 6) is 0.333. The fourth-order valence-corrected chi connectivity index (χ4v) is 3.76. The molecule has 0 N–H and O–H groups in total. The van der Waals surface area contributed by atoms with Crippen molar-refractivity contribution in [1.82, 2.24) is 4.90 Å². The highest BCUT2D eigenvalue weighted by molar-refractivity contribution is 6.34. The van der Waals surface area contributed by atoms with Crippen molar-refractivity contribution in [3.8, 4) is 0 Å². The maximum atomic E-state index is 12.8. The molecule has 0 aromatic heterocycles. The maximum Gasteiger partial charge on any atom is 0.226 e. The number of benzene rings is 2. The van der Waals surface area contributed by atoms with Crippen LogP contribution in [0.2, 0.25) is 10.0 Å². The second kappa shape index (κ2) is 7.91. The smallest absolute Gasteiger partial charge is 0.226 e. The number of oxime groups is 1. The zero-order chi connectivity index (χ0) is 18.8. The van der Waals surface area contributed by atoms with E-state index >= 15 is 0 Å². The third kappa shape index (κ3) is 4.45. The summed E-state index contributed by atoms with van der Waals surface area (Å²) in [5, 5.41) is 5.55. The van der Waals surface area contributed by atoms with E-state index < -0.39 is 0 Å². The lowest BCUT2D eigenvalue weighted by atomic mass is 10.0. The number of rotatable bonds is 6. The van der Waals surface area contributed by atoms with Crippen LogP contribution in [0.5, 0.6) is 0 Å². The zero-order valence-corrected chi connectivity index (χ0v) is 16.3. The van der Waals surface area contributed by atoms with Crippen LogP contribution in [-0.4, -0.2) is 29.2 Å². The predicted octanol–water partition coefficient (Wildman–Crippen LogP) is 4.93. The van der Waals surface area contributed by atoms with Crippen LogP contribution >= 0.6 is 23.2 Å². The van der Waals surface area contributed by atoms with Crippen LogP contribution in [0.1, 0.15) is 30.4 Å². The molecule has 6 heteroatoms. The second-order valence-corrected chi connectivity index (χ2v) is 7.92. The van der Waals surface area contributed by atoms with E-state index in [4.69, 9.17) is 28.0 Å². The molecule has 4 nitrogen and oxygen atoms in total. The molecule has 2 aliphatic rings. The molecule has 1 amide bonds. The van der Waals surface area contributed by atoms with Crippen molar-refractivity contribution in [2.45, 2.75) is 31.9 Å². The van der Waals surface area contributed by atoms with Gasteiger partial charge in [0, 0.05) is 34.5 Å². The Balaban J connectivity index is 1.44. The molecule has 140 valence electrons. The van der Waals surface area contributed by atoms with Gasteiger partial charge in [-0.25, -0.2) is 0 Å². The third-order valence-electron chi connectivity index (χ3n) is 4.84. The molecule has 0 spiro atoms. The van der Waals surface area contributed by atoms with Gasteiger partial charge in [-0.15, -0.1) is 0 Å². The largest absolute Gasteiger partial charge is 0.390 e. The Morgan fingerprint density at radius 1 is 1.15 bits per heavy atom. The van der Waals surface area contributed by atoms with Crippen LogP contribution in [0.4, 0.5) is 0 Å². The standard InChI is InChI=1S/C21H20Cl2N2O2/c22-16-5-3-4-14(10-16)12-25(21(26)15-8-9-15)13-17-11-20(24-27-17)18-6-1-2-7-19(18)23/h1-7,10,15,17H,8-9,11-13H2/t17-/m0/s1. The van der Waals surface area contributed by atoms with Crippen molar-refractivity contribution in [3.63, 3.8) is 0 Å². The SMILES string of the molecule is O=C(C1CC1)N(Cc1cccc(Cl)c1)C[C@@H]1CC(c2ccccc2Cl)=NO1. The molecule has 0 bridgehead atoms. The van der Waals surface area contributed by atoms with Crippen LogP contribution in [-0.2, 0) is 16.2 Å². The van der Waals surface area contributed by atoms with Crippen LogP contribution < -0.4 is 0 Å². The van der Waals surface area contributed by atoms with Gasteiger partial charge in [0.1, 0.15) is 0 Å². The van der Waals surface area contributed by atoms with Crippen molar-refractivity contribution >= 4 is 34.8 Å². The highest BCUT2D eigenvalue weighted by Gasteiger charge is 2.35. The van der Waals surface area contributed by atoms with E-state index in [-0.39, 0.29) is 17.9 Å². The minimum absolute atomic E-state index is 0.148. The molecule has 1 aliphatic carbocycles. The fourth-order valence-electron chi connectivity index (χ4n) is 3.30. The van der Waals surface area contributed by atoms with Crippen LogP contribution in [0.3, 0.4) is 0 Å². The molecular formula is C21H20Cl2N2O2. The van der Waals surface area contributed by atoms with Crippen molar-refractivity contribution in [2.24, 2.45) is 11.1 Å². The summed E-state index contributed by atoms with van der Waals surface area (Å²) in [6, 6.07) is 15.2. The monoisotopic (exact) mass is 402 g/mol. The van der Waals surface area contributed by atoms with Crippen LogP contribution in [0, 0.1) is 5.92 Å². The first-order valence-corrected chi connectivity index (χ1v) is 9.86. The number of carbonyl (C=O) groups excluding carboxylic acids is 1. The quantitative estimate of drug-likeness (QED) is 0.687. The van der Waals surface area contributed by atoms with E-state index in [0.717, 1.165) is 29.7 Å². The van der Waals surface area contributed by atoms with Crippen molar-refractivity contribution in [1.29, 1.82) is 0 Å². The molecule has 1 atom stereocenters. The maximum absolute atomic E-state index is 12.8. The van der Waals surface area contributed by atoms with Gasteiger partial charge in [-0.1, -0.05) is 58.7 Å². The number of halogens is 2. The molecule has 1 saturated carbocycles. The van der Waals surface area contributed by atoms with Gasteiger partial charge in [0.05, 0.1) is 12.3 Å². The lowest BCUT2D eigenvalue weighted by Crippen LogP contribution is -2.38. The summed E-state index contributed by atoms with van der Waals surface area (Å²) < 4.78 is 0. The summed E-state index contributed by atoms with van der Waals surface area (Å²) in [6.07, 6.45) is 2.40. The molecule has 2 aromatic carbocycles. The van der Waals surface area contributed by atoms with E-state index in [9.17, 15) is 4.79 Å². The summed E-state index contributed by atoms with van der Waals surface area (Å²) in [6.45, 7) is 1.02. The molecule has 27 heavy (non-hydrogen) atoms. The Kier molecular flexibility index (Phi) is 5.37. The van der Waals surface area contributed by atoms with Gasteiger partial charge in [-0.05, 0) is 36.6 Å². The van der Waals surface area contributed by atoms with Crippen LogP contribution in [0.15, 0.2) is 53.7 Å². The highest BCUT2D eigenvalue weighted by atomic mass is 35.5. The molecule has 4 rings (SSSR count). The van der Waals surface area contributed by atoms with Gasteiger partial charge in [-0.3, -0.25) is 4.79 Å². The van der Waals surface area contributed by atoms with E-state index in [0.29, 0.717) is 29.6 Å². The lowest BCUT2D eigenvalue weighted by Gasteiger charge is -2.25. The molecule has 1 heterocycles. The predicted molar refractivity (Wildman–Crippen MR) is 107 cm³/mol. The minimum Gasteiger partial charge on any atom is -0.390 e. The van der Waals surface area contributed by atoms with Crippen molar-refractivity contribution in [2.75, 3.05) is 6.54 Å². The average molecular weight is 403 g/mol. The number of hydrogen-bond donors (Lipinski definition) is 0. The zero-order valence-electron chi connectivity index (χ0n) is 14.8. The first-order chi connectivity index (χ1) is 13.1. The molecule has 1 fully saturated rings. The molecular weight excluding hydrogens is 383 g/mol. The fraction of sp³-hybridized carbons (Fsp3) is 0.333. The van der Waals surface area contributed by atoms with Gasteiger partial charge in [0.25, 0.3) is 0 Å². The first-order valence-electron chi connectivity index (χ1n) is 9.11. The van der Waals surface area contributed by atoms with Gasteiger partial charge in [0.2, 0.25) is 5.91 Å². The summed E-state index contributed by atoms with van der Waals surface area (Å²) >= 11 is 12.4. The average Bonchev–Trinajstić information content (AvgIpc) is 3.40. The van der Waals surface area contributed by atoms with E-state index in [1.165, 1.54) is 0 Å². The van der Waals surface area contributed by atoms with Gasteiger partial charge in [0.15, 0.2) is 6.10 Å². The third-order valence-corrected chi connectivity index (χ3v) is 5.41. The summed E-state index contributed by atoms with van der Waals surface area (Å²) in [5.41, 5.74) is 2.73. The summed E-state index contributed by atoms with van der Waals surface area (Å²) in [7, 11) is 0. The second-order valence-electron chi connectivity index (χ2n) is 7.07. The Labute approximate surface area is 168 Å². The normalized spacial score (nSPS) is 18.7. The van der Waals surface area contributed by atoms with Crippen molar-refractivity contribution in [3.05, 3.63) is 69.7 Å². The van der Waals surface area contributed by atoms with E-state index in [2.05, 4.69) is 5.16 Å². The van der Waals surface area contributed by atoms with Crippen LogP contribution in [0.25, 0.3) is 0 Å². The van der Waals surface area contributed by atoms with Gasteiger partial charge in [-0.2, -0.15) is 0 Å². The van der Waals surface area contributed by atoms with E-state index in [1.807, 2.05) is 53.4 Å². The molecule has 0 unspecified atom stereocenters. The van der Waals surface area contributed by atoms with Gasteiger partial charge >= 0.3 is 0 Å². The molecule has 0 saturated heterocycles. The highest BCUT2D eigenvalue weighted by Crippen LogP contribution is 2.32. The Bertz CT molecular complexity index is 880. The van der Waals surface area contributed by atoms with Gasteiger partial charge < -0.3 is 9.74 Å².